The van der Waals surface area contributed by atoms with E-state index in [1.807, 2.05) is 37.4 Å². The summed E-state index contributed by atoms with van der Waals surface area (Å²) in [7, 11) is 1.82. The van der Waals surface area contributed by atoms with Crippen LogP contribution in [0.5, 0.6) is 0 Å². The van der Waals surface area contributed by atoms with Gasteiger partial charge in [0.25, 0.3) is 5.91 Å². The molecule has 7 nitrogen and oxygen atoms in total. The Bertz CT molecular complexity index is 1020. The molecule has 7 heteroatoms. The Labute approximate surface area is 137 Å². The van der Waals surface area contributed by atoms with Gasteiger partial charge in [-0.2, -0.15) is 10.2 Å². The Kier molecular flexibility index (Phi) is 3.31. The van der Waals surface area contributed by atoms with E-state index in [1.165, 1.54) is 6.20 Å². The standard InChI is InChI=1S/C17H14N6O/c1-22-11-14(15(21-22)12-6-3-2-4-7-12)20-17(24)13-10-19-23-9-5-8-18-16(13)23/h2-11H,1H3,(H,20,24). The Morgan fingerprint density at radius 2 is 2.00 bits per heavy atom. The van der Waals surface area contributed by atoms with Gasteiger partial charge in [-0.25, -0.2) is 9.50 Å². The van der Waals surface area contributed by atoms with Crippen LogP contribution in [0.4, 0.5) is 5.69 Å². The predicted octanol–water partition coefficient (Wildman–Crippen LogP) is 2.38. The lowest BCUT2D eigenvalue weighted by molar-refractivity contribution is 0.102. The van der Waals surface area contributed by atoms with E-state index in [1.54, 1.807) is 33.9 Å². The lowest BCUT2D eigenvalue weighted by Crippen LogP contribution is -2.12. The first-order chi connectivity index (χ1) is 11.7. The molecule has 0 aliphatic carbocycles. The van der Waals surface area contributed by atoms with Crippen LogP contribution in [-0.2, 0) is 7.05 Å². The first-order valence-corrected chi connectivity index (χ1v) is 7.41. The van der Waals surface area contributed by atoms with Gasteiger partial charge in [-0.15, -0.1) is 0 Å². The molecule has 1 aromatic carbocycles. The van der Waals surface area contributed by atoms with Gasteiger partial charge in [-0.05, 0) is 6.07 Å². The second kappa shape index (κ2) is 5.62. The van der Waals surface area contributed by atoms with Gasteiger partial charge in [-0.1, -0.05) is 30.3 Å². The molecule has 0 radical (unpaired) electrons. The third kappa shape index (κ3) is 2.41. The summed E-state index contributed by atoms with van der Waals surface area (Å²) in [5.41, 5.74) is 3.23. The van der Waals surface area contributed by atoms with E-state index in [-0.39, 0.29) is 5.91 Å². The van der Waals surface area contributed by atoms with Gasteiger partial charge in [0, 0.05) is 31.2 Å². The summed E-state index contributed by atoms with van der Waals surface area (Å²) in [6.45, 7) is 0. The average molecular weight is 318 g/mol. The van der Waals surface area contributed by atoms with Crippen molar-refractivity contribution in [2.75, 3.05) is 5.32 Å². The van der Waals surface area contributed by atoms with Gasteiger partial charge in [-0.3, -0.25) is 9.48 Å². The molecule has 0 unspecified atom stereocenters. The molecule has 3 aromatic heterocycles. The van der Waals surface area contributed by atoms with Gasteiger partial charge in [0.2, 0.25) is 0 Å². The van der Waals surface area contributed by atoms with E-state index in [0.717, 1.165) is 11.3 Å². The fourth-order valence-corrected chi connectivity index (χ4v) is 2.57. The molecule has 0 saturated heterocycles. The number of carbonyl (C=O) groups is 1. The van der Waals surface area contributed by atoms with Crippen molar-refractivity contribution < 1.29 is 4.79 Å². The van der Waals surface area contributed by atoms with Crippen LogP contribution < -0.4 is 5.32 Å². The molecule has 1 N–H and O–H groups in total. The van der Waals surface area contributed by atoms with Crippen molar-refractivity contribution in [1.82, 2.24) is 24.4 Å². The van der Waals surface area contributed by atoms with E-state index in [4.69, 9.17) is 0 Å². The van der Waals surface area contributed by atoms with Gasteiger partial charge in [0.1, 0.15) is 11.3 Å². The van der Waals surface area contributed by atoms with Gasteiger partial charge < -0.3 is 5.32 Å². The van der Waals surface area contributed by atoms with Crippen molar-refractivity contribution >= 4 is 17.2 Å². The topological polar surface area (TPSA) is 77.1 Å². The van der Waals surface area contributed by atoms with Crippen LogP contribution in [0, 0.1) is 0 Å². The Balaban J connectivity index is 1.70. The third-order valence-electron chi connectivity index (χ3n) is 3.65. The molecule has 0 fully saturated rings. The van der Waals surface area contributed by atoms with Crippen LogP contribution in [0.15, 0.2) is 61.2 Å². The second-order valence-electron chi connectivity index (χ2n) is 5.33. The molecular weight excluding hydrogens is 304 g/mol. The molecule has 0 bridgehead atoms. The highest BCUT2D eigenvalue weighted by Crippen LogP contribution is 2.26. The van der Waals surface area contributed by atoms with Crippen LogP contribution >= 0.6 is 0 Å². The quantitative estimate of drug-likeness (QED) is 0.629. The van der Waals surface area contributed by atoms with E-state index in [0.29, 0.717) is 16.9 Å². The highest BCUT2D eigenvalue weighted by atomic mass is 16.1. The number of benzene rings is 1. The summed E-state index contributed by atoms with van der Waals surface area (Å²) in [6.07, 6.45) is 6.67. The van der Waals surface area contributed by atoms with Gasteiger partial charge in [0.15, 0.2) is 5.65 Å². The second-order valence-corrected chi connectivity index (χ2v) is 5.33. The average Bonchev–Trinajstić information content (AvgIpc) is 3.19. The lowest BCUT2D eigenvalue weighted by Gasteiger charge is -2.04. The zero-order valence-corrected chi connectivity index (χ0v) is 12.9. The SMILES string of the molecule is Cn1cc(NC(=O)c2cnn3cccnc23)c(-c2ccccc2)n1. The third-order valence-corrected chi connectivity index (χ3v) is 3.65. The lowest BCUT2D eigenvalue weighted by atomic mass is 10.1. The monoisotopic (exact) mass is 318 g/mol. The van der Waals surface area contributed by atoms with Gasteiger partial charge >= 0.3 is 0 Å². The number of anilines is 1. The van der Waals surface area contributed by atoms with Crippen molar-refractivity contribution in [1.29, 1.82) is 0 Å². The molecular formula is C17H14N6O. The molecule has 24 heavy (non-hydrogen) atoms. The first kappa shape index (κ1) is 14.1. The number of aryl methyl sites for hydroxylation is 1. The summed E-state index contributed by atoms with van der Waals surface area (Å²) in [5.74, 6) is -0.270. The predicted molar refractivity (Wildman–Crippen MR) is 89.6 cm³/mol. The Hall–Kier alpha value is -3.48. The molecule has 4 aromatic rings. The number of amides is 1. The highest BCUT2D eigenvalue weighted by molar-refractivity contribution is 6.09. The maximum atomic E-state index is 12.6. The highest BCUT2D eigenvalue weighted by Gasteiger charge is 2.17. The molecule has 4 rings (SSSR count). The van der Waals surface area contributed by atoms with Crippen LogP contribution in [0.3, 0.4) is 0 Å². The largest absolute Gasteiger partial charge is 0.319 e. The number of fused-ring (bicyclic) bond motifs is 1. The molecule has 118 valence electrons. The maximum Gasteiger partial charge on any atom is 0.261 e. The summed E-state index contributed by atoms with van der Waals surface area (Å²) >= 11 is 0. The Morgan fingerprint density at radius 3 is 2.83 bits per heavy atom. The number of aromatic nitrogens is 5. The summed E-state index contributed by atoms with van der Waals surface area (Å²) < 4.78 is 3.24. The minimum absolute atomic E-state index is 0.270. The Morgan fingerprint density at radius 1 is 1.17 bits per heavy atom. The van der Waals surface area contributed by atoms with Gasteiger partial charge in [0.05, 0.1) is 11.9 Å². The summed E-state index contributed by atoms with van der Waals surface area (Å²) in [6, 6.07) is 11.5. The van der Waals surface area contributed by atoms with Crippen molar-refractivity contribution in [2.24, 2.45) is 7.05 Å². The fraction of sp³-hybridized carbons (Fsp3) is 0.0588. The number of carbonyl (C=O) groups excluding carboxylic acids is 1. The van der Waals surface area contributed by atoms with Crippen LogP contribution in [0.1, 0.15) is 10.4 Å². The number of nitrogens with one attached hydrogen (secondary N) is 1. The number of rotatable bonds is 3. The first-order valence-electron chi connectivity index (χ1n) is 7.41. The van der Waals surface area contributed by atoms with E-state index in [9.17, 15) is 4.79 Å². The minimum Gasteiger partial charge on any atom is -0.319 e. The smallest absolute Gasteiger partial charge is 0.261 e. The van der Waals surface area contributed by atoms with Crippen LogP contribution in [0.25, 0.3) is 16.9 Å². The molecule has 0 spiro atoms. The number of hydrogen-bond donors (Lipinski definition) is 1. The van der Waals surface area contributed by atoms with Crippen molar-refractivity contribution in [2.45, 2.75) is 0 Å². The maximum absolute atomic E-state index is 12.6. The molecule has 0 aliphatic heterocycles. The van der Waals surface area contributed by atoms with Crippen LogP contribution in [-0.4, -0.2) is 30.3 Å². The van der Waals surface area contributed by atoms with E-state index in [2.05, 4.69) is 20.5 Å². The summed E-state index contributed by atoms with van der Waals surface area (Å²) in [4.78, 5) is 16.8. The molecule has 0 aliphatic rings. The zero-order valence-electron chi connectivity index (χ0n) is 12.9. The van der Waals surface area contributed by atoms with Crippen molar-refractivity contribution in [3.05, 3.63) is 66.7 Å². The number of hydrogen-bond acceptors (Lipinski definition) is 4. The molecule has 1 amide bonds. The summed E-state index contributed by atoms with van der Waals surface area (Å²) in [5, 5.41) is 11.5. The van der Waals surface area contributed by atoms with E-state index >= 15 is 0 Å². The zero-order chi connectivity index (χ0) is 16.5. The van der Waals surface area contributed by atoms with Crippen LogP contribution in [0.2, 0.25) is 0 Å². The van der Waals surface area contributed by atoms with E-state index < -0.39 is 0 Å². The minimum atomic E-state index is -0.270. The number of nitrogens with zero attached hydrogens (tertiary/aromatic N) is 5. The normalized spacial score (nSPS) is 10.9. The van der Waals surface area contributed by atoms with Crippen molar-refractivity contribution in [3.63, 3.8) is 0 Å². The fourth-order valence-electron chi connectivity index (χ4n) is 2.57. The molecule has 0 saturated carbocycles. The molecule has 0 atom stereocenters. The van der Waals surface area contributed by atoms with Crippen molar-refractivity contribution in [3.8, 4) is 11.3 Å². The molecule has 3 heterocycles.